The summed E-state index contributed by atoms with van der Waals surface area (Å²) in [4.78, 5) is 4.37. The van der Waals surface area contributed by atoms with Gasteiger partial charge in [-0.15, -0.1) is 5.10 Å². The molecule has 0 amide bonds. The maximum atomic E-state index is 4.37. The summed E-state index contributed by atoms with van der Waals surface area (Å²) in [6.45, 7) is 4.22. The summed E-state index contributed by atoms with van der Waals surface area (Å²) in [7, 11) is 0. The first kappa shape index (κ1) is 9.52. The molecular weight excluding hydrogens is 176 g/mol. The van der Waals surface area contributed by atoms with Crippen LogP contribution in [0.3, 0.4) is 0 Å². The van der Waals surface area contributed by atoms with Crippen molar-refractivity contribution >= 4 is 0 Å². The van der Waals surface area contributed by atoms with Gasteiger partial charge in [0.1, 0.15) is 0 Å². The van der Waals surface area contributed by atoms with Gasteiger partial charge in [-0.1, -0.05) is 0 Å². The van der Waals surface area contributed by atoms with Crippen LogP contribution < -0.4 is 5.32 Å². The van der Waals surface area contributed by atoms with Gasteiger partial charge in [-0.3, -0.25) is 0 Å². The lowest BCUT2D eigenvalue weighted by molar-refractivity contribution is 0.366. The maximum Gasteiger partial charge on any atom is 0.151 e. The first-order chi connectivity index (χ1) is 6.84. The van der Waals surface area contributed by atoms with E-state index in [1.165, 1.54) is 12.8 Å². The van der Waals surface area contributed by atoms with E-state index in [9.17, 15) is 0 Å². The minimum atomic E-state index is 0.736. The average molecular weight is 192 g/mol. The topological polar surface area (TPSA) is 50.7 Å². The quantitative estimate of drug-likeness (QED) is 0.750. The Kier molecular flexibility index (Phi) is 3.03. The van der Waals surface area contributed by atoms with Gasteiger partial charge in [0.2, 0.25) is 0 Å². The highest BCUT2D eigenvalue weighted by molar-refractivity contribution is 4.94. The van der Waals surface area contributed by atoms with Gasteiger partial charge in [0.05, 0.1) is 11.9 Å². The van der Waals surface area contributed by atoms with Crippen molar-refractivity contribution in [2.24, 2.45) is 5.92 Å². The molecule has 0 bridgehead atoms. The Morgan fingerprint density at radius 3 is 2.93 bits per heavy atom. The zero-order chi connectivity index (χ0) is 9.80. The summed E-state index contributed by atoms with van der Waals surface area (Å²) in [6, 6.07) is 0. The molecule has 0 aliphatic carbocycles. The van der Waals surface area contributed by atoms with Crippen LogP contribution in [-0.4, -0.2) is 28.3 Å². The standard InChI is InChI=1S/C10H16N4/c1-8-7-12-14-10(13-8)6-9-2-4-11-5-3-9/h7,9,11H,2-6H2,1H3. The van der Waals surface area contributed by atoms with Crippen LogP contribution in [0.25, 0.3) is 0 Å². The molecule has 4 nitrogen and oxygen atoms in total. The number of hydrogen-bond donors (Lipinski definition) is 1. The lowest BCUT2D eigenvalue weighted by Crippen LogP contribution is -2.29. The highest BCUT2D eigenvalue weighted by Crippen LogP contribution is 2.15. The number of nitrogens with zero attached hydrogens (tertiary/aromatic N) is 3. The predicted octanol–water partition coefficient (Wildman–Crippen LogP) is 0.722. The Bertz CT molecular complexity index is 294. The number of aryl methyl sites for hydroxylation is 1. The number of piperidine rings is 1. The van der Waals surface area contributed by atoms with Gasteiger partial charge in [-0.25, -0.2) is 4.98 Å². The van der Waals surface area contributed by atoms with Gasteiger partial charge in [-0.2, -0.15) is 5.10 Å². The minimum Gasteiger partial charge on any atom is -0.317 e. The van der Waals surface area contributed by atoms with E-state index in [-0.39, 0.29) is 0 Å². The van der Waals surface area contributed by atoms with Crippen LogP contribution in [-0.2, 0) is 6.42 Å². The molecule has 0 aromatic carbocycles. The fourth-order valence-corrected chi connectivity index (χ4v) is 1.86. The van der Waals surface area contributed by atoms with E-state index in [1.54, 1.807) is 6.20 Å². The fourth-order valence-electron chi connectivity index (χ4n) is 1.86. The molecule has 0 spiro atoms. The SMILES string of the molecule is Cc1cnnc(CC2CCNCC2)n1. The third kappa shape index (κ3) is 2.48. The molecule has 0 atom stereocenters. The van der Waals surface area contributed by atoms with Gasteiger partial charge in [0, 0.05) is 6.42 Å². The molecule has 1 saturated heterocycles. The number of hydrogen-bond acceptors (Lipinski definition) is 4. The molecular formula is C10H16N4. The molecule has 1 aliphatic rings. The van der Waals surface area contributed by atoms with Crippen molar-refractivity contribution in [3.8, 4) is 0 Å². The number of aromatic nitrogens is 3. The molecule has 1 aromatic heterocycles. The molecule has 1 aliphatic heterocycles. The second kappa shape index (κ2) is 4.46. The van der Waals surface area contributed by atoms with Crippen LogP contribution >= 0.6 is 0 Å². The predicted molar refractivity (Wildman–Crippen MR) is 53.9 cm³/mol. The average Bonchev–Trinajstić information content (AvgIpc) is 2.19. The Morgan fingerprint density at radius 1 is 1.43 bits per heavy atom. The zero-order valence-electron chi connectivity index (χ0n) is 8.53. The van der Waals surface area contributed by atoms with Crippen molar-refractivity contribution in [3.05, 3.63) is 17.7 Å². The van der Waals surface area contributed by atoms with E-state index < -0.39 is 0 Å². The van der Waals surface area contributed by atoms with Gasteiger partial charge < -0.3 is 5.32 Å². The van der Waals surface area contributed by atoms with Crippen molar-refractivity contribution in [1.29, 1.82) is 0 Å². The van der Waals surface area contributed by atoms with Crippen molar-refractivity contribution < 1.29 is 0 Å². The molecule has 0 saturated carbocycles. The van der Waals surface area contributed by atoms with Gasteiger partial charge in [0.25, 0.3) is 0 Å². The van der Waals surface area contributed by atoms with E-state index in [2.05, 4.69) is 20.5 Å². The molecule has 1 N–H and O–H groups in total. The van der Waals surface area contributed by atoms with E-state index >= 15 is 0 Å². The summed E-state index contributed by atoms with van der Waals surface area (Å²) in [6.07, 6.45) is 5.15. The van der Waals surface area contributed by atoms with E-state index in [4.69, 9.17) is 0 Å². The molecule has 76 valence electrons. The third-order valence-electron chi connectivity index (χ3n) is 2.65. The Labute approximate surface area is 84.2 Å². The monoisotopic (exact) mass is 192 g/mol. The summed E-state index contributed by atoms with van der Waals surface area (Å²) in [5, 5.41) is 11.3. The van der Waals surface area contributed by atoms with Crippen LogP contribution in [0, 0.1) is 12.8 Å². The van der Waals surface area contributed by atoms with E-state index in [0.717, 1.165) is 36.9 Å². The third-order valence-corrected chi connectivity index (χ3v) is 2.65. The lowest BCUT2D eigenvalue weighted by Gasteiger charge is -2.21. The van der Waals surface area contributed by atoms with Crippen LogP contribution in [0.1, 0.15) is 24.4 Å². The number of rotatable bonds is 2. The van der Waals surface area contributed by atoms with Crippen molar-refractivity contribution in [2.75, 3.05) is 13.1 Å². The minimum absolute atomic E-state index is 0.736. The van der Waals surface area contributed by atoms with E-state index in [0.29, 0.717) is 0 Å². The maximum absolute atomic E-state index is 4.37. The molecule has 0 unspecified atom stereocenters. The normalized spacial score (nSPS) is 18.4. The summed E-state index contributed by atoms with van der Waals surface area (Å²) in [5.41, 5.74) is 0.962. The zero-order valence-corrected chi connectivity index (χ0v) is 8.53. The van der Waals surface area contributed by atoms with Crippen LogP contribution in [0.2, 0.25) is 0 Å². The van der Waals surface area contributed by atoms with E-state index in [1.807, 2.05) is 6.92 Å². The lowest BCUT2D eigenvalue weighted by atomic mass is 9.94. The van der Waals surface area contributed by atoms with Crippen molar-refractivity contribution in [2.45, 2.75) is 26.2 Å². The summed E-state index contributed by atoms with van der Waals surface area (Å²) >= 11 is 0. The first-order valence-corrected chi connectivity index (χ1v) is 5.20. The molecule has 1 aromatic rings. The highest BCUT2D eigenvalue weighted by atomic mass is 15.1. The Balaban J connectivity index is 1.95. The smallest absolute Gasteiger partial charge is 0.151 e. The molecule has 0 radical (unpaired) electrons. The summed E-state index contributed by atoms with van der Waals surface area (Å²) < 4.78 is 0. The molecule has 4 heteroatoms. The first-order valence-electron chi connectivity index (χ1n) is 5.20. The van der Waals surface area contributed by atoms with Crippen LogP contribution in [0.4, 0.5) is 0 Å². The van der Waals surface area contributed by atoms with Crippen molar-refractivity contribution in [1.82, 2.24) is 20.5 Å². The molecule has 1 fully saturated rings. The molecule has 2 rings (SSSR count). The van der Waals surface area contributed by atoms with Crippen LogP contribution in [0.5, 0.6) is 0 Å². The molecule has 2 heterocycles. The molecule has 14 heavy (non-hydrogen) atoms. The second-order valence-corrected chi connectivity index (χ2v) is 3.91. The van der Waals surface area contributed by atoms with Crippen molar-refractivity contribution in [3.63, 3.8) is 0 Å². The summed E-state index contributed by atoms with van der Waals surface area (Å²) in [5.74, 6) is 1.64. The Morgan fingerprint density at radius 2 is 2.21 bits per heavy atom. The van der Waals surface area contributed by atoms with Gasteiger partial charge in [0.15, 0.2) is 5.82 Å². The van der Waals surface area contributed by atoms with Crippen LogP contribution in [0.15, 0.2) is 6.20 Å². The highest BCUT2D eigenvalue weighted by Gasteiger charge is 2.14. The fraction of sp³-hybridized carbons (Fsp3) is 0.700. The Hall–Kier alpha value is -1.03. The van der Waals surface area contributed by atoms with Gasteiger partial charge >= 0.3 is 0 Å². The second-order valence-electron chi connectivity index (χ2n) is 3.91. The largest absolute Gasteiger partial charge is 0.317 e. The van der Waals surface area contributed by atoms with Gasteiger partial charge in [-0.05, 0) is 38.8 Å². The number of nitrogens with one attached hydrogen (secondary N) is 1.